The molecule has 0 radical (unpaired) electrons. The number of hydrogen-bond acceptors (Lipinski definition) is 5. The summed E-state index contributed by atoms with van der Waals surface area (Å²) in [5.41, 5.74) is 6.34. The van der Waals surface area contributed by atoms with Gasteiger partial charge in [0.2, 0.25) is 0 Å². The molecule has 5 heteroatoms. The second kappa shape index (κ2) is 9.65. The average molecular weight is 440 g/mol. The number of nitrogens with zero attached hydrogens (tertiary/aromatic N) is 1. The van der Waals surface area contributed by atoms with Gasteiger partial charge in [0.25, 0.3) is 0 Å². The number of carbonyl (C=O) groups excluding carboxylic acids is 2. The van der Waals surface area contributed by atoms with Crippen molar-refractivity contribution in [1.82, 2.24) is 4.98 Å². The second-order valence-electron chi connectivity index (χ2n) is 7.87. The Kier molecular flexibility index (Phi) is 6.50. The van der Waals surface area contributed by atoms with E-state index in [1.807, 2.05) is 30.3 Å². The molecule has 1 aromatic heterocycles. The van der Waals surface area contributed by atoms with Crippen LogP contribution in [0.5, 0.6) is 0 Å². The van der Waals surface area contributed by atoms with Gasteiger partial charge < -0.3 is 9.47 Å². The molecule has 33 heavy (non-hydrogen) atoms. The monoisotopic (exact) mass is 439 g/mol. The van der Waals surface area contributed by atoms with E-state index in [-0.39, 0.29) is 6.61 Å². The summed E-state index contributed by atoms with van der Waals surface area (Å²) in [6.45, 7) is 6.22. The zero-order chi connectivity index (χ0) is 23.4. The number of benzene rings is 3. The fourth-order valence-corrected chi connectivity index (χ4v) is 3.62. The zero-order valence-corrected chi connectivity index (χ0v) is 18.9. The van der Waals surface area contributed by atoms with Crippen molar-refractivity contribution in [2.75, 3.05) is 6.61 Å². The number of fused-ring (bicyclic) bond motifs is 1. The summed E-state index contributed by atoms with van der Waals surface area (Å²) < 4.78 is 10.7. The molecule has 0 aliphatic rings. The van der Waals surface area contributed by atoms with Gasteiger partial charge in [-0.1, -0.05) is 42.5 Å². The lowest BCUT2D eigenvalue weighted by atomic mass is 10.0. The fraction of sp³-hybridized carbons (Fsp3) is 0.179. The lowest BCUT2D eigenvalue weighted by molar-refractivity contribution is 0.0475. The smallest absolute Gasteiger partial charge is 0.339 e. The summed E-state index contributed by atoms with van der Waals surface area (Å²) >= 11 is 0. The van der Waals surface area contributed by atoms with E-state index in [0.717, 1.165) is 22.0 Å². The quantitative estimate of drug-likeness (QED) is 0.342. The number of para-hydroxylation sites is 1. The highest BCUT2D eigenvalue weighted by Crippen LogP contribution is 2.27. The molecule has 0 N–H and O–H groups in total. The Balaban J connectivity index is 1.63. The van der Waals surface area contributed by atoms with Gasteiger partial charge >= 0.3 is 11.9 Å². The molecule has 3 aromatic carbocycles. The van der Waals surface area contributed by atoms with Crippen LogP contribution in [-0.4, -0.2) is 23.5 Å². The minimum atomic E-state index is -0.444. The molecule has 5 nitrogen and oxygen atoms in total. The molecule has 4 rings (SSSR count). The zero-order valence-electron chi connectivity index (χ0n) is 18.9. The normalized spacial score (nSPS) is 10.8. The maximum atomic E-state index is 13.1. The Hall–Kier alpha value is -3.99. The number of pyridine rings is 1. The molecular formula is C28H25NO4. The molecule has 0 fully saturated rings. The van der Waals surface area contributed by atoms with Gasteiger partial charge in [-0.3, -0.25) is 0 Å². The average Bonchev–Trinajstić information content (AvgIpc) is 2.84. The van der Waals surface area contributed by atoms with Crippen molar-refractivity contribution >= 4 is 22.8 Å². The molecule has 166 valence electrons. The van der Waals surface area contributed by atoms with Gasteiger partial charge in [0, 0.05) is 10.9 Å². The van der Waals surface area contributed by atoms with Crippen molar-refractivity contribution in [3.8, 4) is 11.3 Å². The van der Waals surface area contributed by atoms with E-state index in [1.165, 1.54) is 5.56 Å². The van der Waals surface area contributed by atoms with Gasteiger partial charge in [-0.2, -0.15) is 0 Å². The predicted octanol–water partition coefficient (Wildman–Crippen LogP) is 6.05. The topological polar surface area (TPSA) is 65.5 Å². The van der Waals surface area contributed by atoms with Gasteiger partial charge in [-0.05, 0) is 67.8 Å². The first-order valence-electron chi connectivity index (χ1n) is 10.9. The highest BCUT2D eigenvalue weighted by molar-refractivity contribution is 6.04. The molecule has 0 saturated carbocycles. The minimum Gasteiger partial charge on any atom is -0.462 e. The van der Waals surface area contributed by atoms with Gasteiger partial charge in [-0.15, -0.1) is 0 Å². The van der Waals surface area contributed by atoms with Gasteiger partial charge in [0.1, 0.15) is 6.61 Å². The van der Waals surface area contributed by atoms with E-state index in [1.54, 1.807) is 37.3 Å². The molecular weight excluding hydrogens is 414 g/mol. The summed E-state index contributed by atoms with van der Waals surface area (Å²) in [4.78, 5) is 29.9. The Labute approximate surface area is 193 Å². The van der Waals surface area contributed by atoms with Crippen molar-refractivity contribution < 1.29 is 19.1 Å². The third-order valence-corrected chi connectivity index (χ3v) is 5.55. The number of rotatable bonds is 6. The van der Waals surface area contributed by atoms with Gasteiger partial charge in [-0.25, -0.2) is 14.6 Å². The maximum Gasteiger partial charge on any atom is 0.339 e. The van der Waals surface area contributed by atoms with E-state index >= 15 is 0 Å². The number of esters is 2. The molecule has 0 amide bonds. The van der Waals surface area contributed by atoms with Crippen LogP contribution in [0.2, 0.25) is 0 Å². The van der Waals surface area contributed by atoms with Crippen molar-refractivity contribution in [2.24, 2.45) is 0 Å². The molecule has 0 aliphatic carbocycles. The van der Waals surface area contributed by atoms with E-state index in [0.29, 0.717) is 29.0 Å². The molecule has 0 spiro atoms. The number of carbonyl (C=O) groups is 2. The lowest BCUT2D eigenvalue weighted by Gasteiger charge is -2.11. The first-order valence-corrected chi connectivity index (χ1v) is 10.9. The predicted molar refractivity (Wildman–Crippen MR) is 128 cm³/mol. The van der Waals surface area contributed by atoms with Crippen LogP contribution in [0.3, 0.4) is 0 Å². The van der Waals surface area contributed by atoms with Crippen LogP contribution in [0.4, 0.5) is 0 Å². The van der Waals surface area contributed by atoms with Gasteiger partial charge in [0.15, 0.2) is 0 Å². The van der Waals surface area contributed by atoms with Crippen LogP contribution < -0.4 is 0 Å². The number of aryl methyl sites for hydroxylation is 2. The molecule has 1 heterocycles. The van der Waals surface area contributed by atoms with Crippen molar-refractivity contribution in [2.45, 2.75) is 27.4 Å². The first-order chi connectivity index (χ1) is 16.0. The molecule has 4 aromatic rings. The Morgan fingerprint density at radius 2 is 1.64 bits per heavy atom. The summed E-state index contributed by atoms with van der Waals surface area (Å²) in [5, 5.41) is 0.732. The third-order valence-electron chi connectivity index (χ3n) is 5.55. The van der Waals surface area contributed by atoms with Crippen LogP contribution >= 0.6 is 0 Å². The minimum absolute atomic E-state index is 0.0434. The third kappa shape index (κ3) is 4.93. The molecule has 0 atom stereocenters. The Morgan fingerprint density at radius 3 is 2.42 bits per heavy atom. The van der Waals surface area contributed by atoms with Crippen LogP contribution in [-0.2, 0) is 16.1 Å². The van der Waals surface area contributed by atoms with Crippen LogP contribution in [0.1, 0.15) is 44.3 Å². The standard InChI is InChI=1S/C28H25NO4/c1-4-32-27(30)22-9-7-8-20(15-22)17-33-28(31)24-16-26(21-13-12-18(2)19(3)14-21)29-25-11-6-5-10-23(24)25/h5-16H,4,17H2,1-3H3. The largest absolute Gasteiger partial charge is 0.462 e. The number of hydrogen-bond donors (Lipinski definition) is 0. The Bertz CT molecular complexity index is 1340. The highest BCUT2D eigenvalue weighted by Gasteiger charge is 2.16. The summed E-state index contributed by atoms with van der Waals surface area (Å²) in [6, 6.07) is 22.3. The first kappa shape index (κ1) is 22.2. The fourth-order valence-electron chi connectivity index (χ4n) is 3.62. The van der Waals surface area contributed by atoms with E-state index < -0.39 is 11.9 Å². The number of aromatic nitrogens is 1. The summed E-state index contributed by atoms with van der Waals surface area (Å²) in [7, 11) is 0. The Morgan fingerprint density at radius 1 is 0.818 bits per heavy atom. The van der Waals surface area contributed by atoms with Crippen LogP contribution in [0, 0.1) is 13.8 Å². The van der Waals surface area contributed by atoms with Gasteiger partial charge in [0.05, 0.1) is 28.9 Å². The summed E-state index contributed by atoms with van der Waals surface area (Å²) in [6.07, 6.45) is 0. The van der Waals surface area contributed by atoms with Crippen molar-refractivity contribution in [1.29, 1.82) is 0 Å². The maximum absolute atomic E-state index is 13.1. The van der Waals surface area contributed by atoms with E-state index in [4.69, 9.17) is 14.5 Å². The molecule has 0 bridgehead atoms. The summed E-state index contributed by atoms with van der Waals surface area (Å²) in [5.74, 6) is -0.843. The molecule has 0 saturated heterocycles. The van der Waals surface area contributed by atoms with Crippen molar-refractivity contribution in [3.05, 3.63) is 101 Å². The lowest BCUT2D eigenvalue weighted by Crippen LogP contribution is -2.08. The second-order valence-corrected chi connectivity index (χ2v) is 7.87. The van der Waals surface area contributed by atoms with E-state index in [9.17, 15) is 9.59 Å². The molecule has 0 unspecified atom stereocenters. The molecule has 0 aliphatic heterocycles. The SMILES string of the molecule is CCOC(=O)c1cccc(COC(=O)c2cc(-c3ccc(C)c(C)c3)nc3ccccc23)c1. The van der Waals surface area contributed by atoms with Crippen LogP contribution in [0.15, 0.2) is 72.8 Å². The highest BCUT2D eigenvalue weighted by atomic mass is 16.5. The number of ether oxygens (including phenoxy) is 2. The van der Waals surface area contributed by atoms with Crippen molar-refractivity contribution in [3.63, 3.8) is 0 Å². The van der Waals surface area contributed by atoms with E-state index in [2.05, 4.69) is 26.0 Å². The van der Waals surface area contributed by atoms with Crippen LogP contribution in [0.25, 0.3) is 22.2 Å².